The fourth-order valence-electron chi connectivity index (χ4n) is 2.15. The number of benzene rings is 2. The number of carbonyl (C=O) groups is 2. The maximum Gasteiger partial charge on any atom is 0.258 e. The SMILES string of the molecule is COc1cc(NC(=S)NC(=O)c2cc(I)ccc2Cl)ccc1NC(=O)C(C)C. The predicted molar refractivity (Wildman–Crippen MR) is 124 cm³/mol. The molecule has 0 aliphatic carbocycles. The van der Waals surface area contributed by atoms with Gasteiger partial charge in [-0.3, -0.25) is 14.9 Å². The van der Waals surface area contributed by atoms with Crippen LogP contribution in [-0.4, -0.2) is 24.0 Å². The first-order valence-corrected chi connectivity index (χ1v) is 10.1. The Labute approximate surface area is 187 Å². The molecule has 6 nitrogen and oxygen atoms in total. The molecule has 2 amide bonds. The van der Waals surface area contributed by atoms with Crippen molar-refractivity contribution < 1.29 is 14.3 Å². The van der Waals surface area contributed by atoms with Crippen LogP contribution in [0, 0.1) is 9.49 Å². The van der Waals surface area contributed by atoms with Crippen molar-refractivity contribution in [3.8, 4) is 5.75 Å². The lowest BCUT2D eigenvalue weighted by molar-refractivity contribution is -0.118. The molecule has 2 aromatic rings. The predicted octanol–water partition coefficient (Wildman–Crippen LogP) is 4.67. The van der Waals surface area contributed by atoms with E-state index in [-0.39, 0.29) is 16.9 Å². The lowest BCUT2D eigenvalue weighted by Gasteiger charge is -2.15. The van der Waals surface area contributed by atoms with Gasteiger partial charge in [-0.1, -0.05) is 25.4 Å². The summed E-state index contributed by atoms with van der Waals surface area (Å²) in [4.78, 5) is 24.3. The van der Waals surface area contributed by atoms with Crippen molar-refractivity contribution in [2.75, 3.05) is 17.7 Å². The molecule has 0 unspecified atom stereocenters. The van der Waals surface area contributed by atoms with Crippen LogP contribution in [0.25, 0.3) is 0 Å². The number of methoxy groups -OCH3 is 1. The number of hydrogen-bond acceptors (Lipinski definition) is 4. The number of thiocarbonyl (C=S) groups is 1. The zero-order chi connectivity index (χ0) is 20.8. The minimum atomic E-state index is -0.409. The quantitative estimate of drug-likeness (QED) is 0.386. The van der Waals surface area contributed by atoms with Crippen LogP contribution in [0.2, 0.25) is 5.02 Å². The van der Waals surface area contributed by atoms with Gasteiger partial charge >= 0.3 is 0 Å². The van der Waals surface area contributed by atoms with Crippen molar-refractivity contribution in [1.29, 1.82) is 0 Å². The summed E-state index contributed by atoms with van der Waals surface area (Å²) in [5.41, 5.74) is 1.48. The van der Waals surface area contributed by atoms with Gasteiger partial charge in [0, 0.05) is 21.2 Å². The Hall–Kier alpha value is -1.91. The fraction of sp³-hybridized carbons (Fsp3) is 0.211. The Morgan fingerprint density at radius 2 is 1.86 bits per heavy atom. The van der Waals surface area contributed by atoms with Crippen LogP contribution < -0.4 is 20.7 Å². The van der Waals surface area contributed by atoms with Gasteiger partial charge in [-0.15, -0.1) is 0 Å². The highest BCUT2D eigenvalue weighted by atomic mass is 127. The average molecular weight is 532 g/mol. The van der Waals surface area contributed by atoms with E-state index in [0.717, 1.165) is 3.57 Å². The van der Waals surface area contributed by atoms with E-state index >= 15 is 0 Å². The van der Waals surface area contributed by atoms with Gasteiger partial charge in [0.1, 0.15) is 5.75 Å². The number of amides is 2. The van der Waals surface area contributed by atoms with Crippen LogP contribution in [0.4, 0.5) is 11.4 Å². The molecule has 0 saturated heterocycles. The molecule has 2 aromatic carbocycles. The van der Waals surface area contributed by atoms with Crippen molar-refractivity contribution in [2.24, 2.45) is 5.92 Å². The molecule has 0 saturated carbocycles. The zero-order valence-electron chi connectivity index (χ0n) is 15.4. The fourth-order valence-corrected chi connectivity index (χ4v) is 3.06. The Kier molecular flexibility index (Phi) is 8.02. The van der Waals surface area contributed by atoms with Gasteiger partial charge in [-0.2, -0.15) is 0 Å². The number of halogens is 2. The van der Waals surface area contributed by atoms with E-state index in [1.54, 1.807) is 44.2 Å². The molecule has 0 atom stereocenters. The molecule has 28 heavy (non-hydrogen) atoms. The standard InChI is InChI=1S/C19H19ClIN3O3S/c1-10(2)17(25)23-15-7-5-12(9-16(15)27-3)22-19(28)24-18(26)13-8-11(21)4-6-14(13)20/h4-10H,1-3H3,(H,23,25)(H2,22,24,26,28). The summed E-state index contributed by atoms with van der Waals surface area (Å²) in [7, 11) is 1.50. The third-order valence-electron chi connectivity index (χ3n) is 3.64. The maximum atomic E-state index is 12.4. The maximum absolute atomic E-state index is 12.4. The molecule has 3 N–H and O–H groups in total. The first-order valence-electron chi connectivity index (χ1n) is 8.27. The van der Waals surface area contributed by atoms with Gasteiger partial charge in [-0.05, 0) is 65.1 Å². The summed E-state index contributed by atoms with van der Waals surface area (Å²) in [6.07, 6.45) is 0. The third kappa shape index (κ3) is 6.05. The van der Waals surface area contributed by atoms with E-state index in [9.17, 15) is 9.59 Å². The van der Waals surface area contributed by atoms with Crippen molar-refractivity contribution in [1.82, 2.24) is 5.32 Å². The first kappa shape index (κ1) is 22.4. The number of ether oxygens (including phenoxy) is 1. The van der Waals surface area contributed by atoms with Gasteiger partial charge in [0.25, 0.3) is 5.91 Å². The number of anilines is 2. The lowest BCUT2D eigenvalue weighted by atomic mass is 10.2. The minimum Gasteiger partial charge on any atom is -0.494 e. The Morgan fingerprint density at radius 3 is 2.50 bits per heavy atom. The van der Waals surface area contributed by atoms with E-state index in [1.165, 1.54) is 7.11 Å². The Morgan fingerprint density at radius 1 is 1.14 bits per heavy atom. The average Bonchev–Trinajstić information content (AvgIpc) is 2.64. The van der Waals surface area contributed by atoms with Crippen molar-refractivity contribution in [3.63, 3.8) is 0 Å². The summed E-state index contributed by atoms with van der Waals surface area (Å²) in [5.74, 6) is -0.211. The number of hydrogen-bond donors (Lipinski definition) is 3. The van der Waals surface area contributed by atoms with E-state index in [1.807, 2.05) is 6.07 Å². The van der Waals surface area contributed by atoms with Gasteiger partial charge < -0.3 is 15.4 Å². The summed E-state index contributed by atoms with van der Waals surface area (Å²) in [6.45, 7) is 3.61. The molecule has 0 aromatic heterocycles. The van der Waals surface area contributed by atoms with Crippen LogP contribution in [-0.2, 0) is 4.79 Å². The van der Waals surface area contributed by atoms with Gasteiger partial charge in [0.2, 0.25) is 5.91 Å². The molecule has 2 rings (SSSR count). The molecular weight excluding hydrogens is 513 g/mol. The number of nitrogens with one attached hydrogen (secondary N) is 3. The van der Waals surface area contributed by atoms with Crippen molar-refractivity contribution in [2.45, 2.75) is 13.8 Å². The molecule has 9 heteroatoms. The number of rotatable bonds is 5. The summed E-state index contributed by atoms with van der Waals surface area (Å²) in [6, 6.07) is 10.2. The third-order valence-corrected chi connectivity index (χ3v) is 4.85. The monoisotopic (exact) mass is 531 g/mol. The second kappa shape index (κ2) is 10.0. The highest BCUT2D eigenvalue weighted by Crippen LogP contribution is 2.28. The van der Waals surface area contributed by atoms with Crippen molar-refractivity contribution in [3.05, 3.63) is 50.6 Å². The van der Waals surface area contributed by atoms with Crippen LogP contribution >= 0.6 is 46.4 Å². The second-order valence-electron chi connectivity index (χ2n) is 6.09. The normalized spacial score (nSPS) is 10.4. The van der Waals surface area contributed by atoms with Crippen LogP contribution in [0.1, 0.15) is 24.2 Å². The molecule has 0 heterocycles. The smallest absolute Gasteiger partial charge is 0.258 e. The molecule has 0 aliphatic heterocycles. The zero-order valence-corrected chi connectivity index (χ0v) is 19.2. The van der Waals surface area contributed by atoms with Crippen LogP contribution in [0.3, 0.4) is 0 Å². The lowest BCUT2D eigenvalue weighted by Crippen LogP contribution is -2.34. The molecule has 0 bridgehead atoms. The second-order valence-corrected chi connectivity index (χ2v) is 8.15. The summed E-state index contributed by atoms with van der Waals surface area (Å²) >= 11 is 13.4. The van der Waals surface area contributed by atoms with Crippen LogP contribution in [0.15, 0.2) is 36.4 Å². The molecule has 0 spiro atoms. The van der Waals surface area contributed by atoms with Gasteiger partial charge in [-0.25, -0.2) is 0 Å². The summed E-state index contributed by atoms with van der Waals surface area (Å²) in [5, 5.41) is 8.76. The van der Waals surface area contributed by atoms with Gasteiger partial charge in [0.15, 0.2) is 5.11 Å². The van der Waals surface area contributed by atoms with Crippen molar-refractivity contribution >= 4 is 74.7 Å². The van der Waals surface area contributed by atoms with Gasteiger partial charge in [0.05, 0.1) is 23.4 Å². The highest BCUT2D eigenvalue weighted by molar-refractivity contribution is 14.1. The van der Waals surface area contributed by atoms with E-state index in [0.29, 0.717) is 27.7 Å². The number of carbonyl (C=O) groups excluding carboxylic acids is 2. The first-order chi connectivity index (χ1) is 13.2. The molecular formula is C19H19ClIN3O3S. The Balaban J connectivity index is 2.08. The minimum absolute atomic E-state index is 0.112. The van der Waals surface area contributed by atoms with E-state index < -0.39 is 5.91 Å². The molecule has 0 fully saturated rings. The Bertz CT molecular complexity index is 921. The highest BCUT2D eigenvalue weighted by Gasteiger charge is 2.14. The van der Waals surface area contributed by atoms with E-state index in [4.69, 9.17) is 28.6 Å². The molecule has 148 valence electrons. The topological polar surface area (TPSA) is 79.5 Å². The molecule has 0 radical (unpaired) electrons. The van der Waals surface area contributed by atoms with Crippen LogP contribution in [0.5, 0.6) is 5.75 Å². The summed E-state index contributed by atoms with van der Waals surface area (Å²) < 4.78 is 6.21. The van der Waals surface area contributed by atoms with E-state index in [2.05, 4.69) is 38.5 Å². The molecule has 0 aliphatic rings. The largest absolute Gasteiger partial charge is 0.494 e.